The molecule has 2 bridgehead atoms. The van der Waals surface area contributed by atoms with Crippen molar-refractivity contribution in [2.75, 3.05) is 7.11 Å². The van der Waals surface area contributed by atoms with Crippen molar-refractivity contribution in [3.05, 3.63) is 23.9 Å². The molecular formula is C18H26N2O4. The van der Waals surface area contributed by atoms with Crippen molar-refractivity contribution in [2.45, 2.75) is 69.7 Å². The summed E-state index contributed by atoms with van der Waals surface area (Å²) in [5.74, 6) is 0.525. The van der Waals surface area contributed by atoms with Gasteiger partial charge in [0.2, 0.25) is 5.88 Å². The smallest absolute Gasteiger partial charge is 0.410 e. The molecule has 2 unspecified atom stereocenters. The molecule has 3 heterocycles. The zero-order valence-electron chi connectivity index (χ0n) is 14.8. The molecule has 3 rings (SSSR count). The number of carbonyl (C=O) groups is 1. The molecule has 6 nitrogen and oxygen atoms in total. The molecule has 0 aromatic carbocycles. The summed E-state index contributed by atoms with van der Waals surface area (Å²) in [4.78, 5) is 18.5. The Kier molecular flexibility index (Phi) is 4.20. The Labute approximate surface area is 142 Å². The normalized spacial score (nSPS) is 29.5. The number of rotatable bonds is 2. The Hall–Kier alpha value is -1.82. The lowest BCUT2D eigenvalue weighted by Crippen LogP contribution is -2.53. The van der Waals surface area contributed by atoms with Gasteiger partial charge in [-0.2, -0.15) is 0 Å². The number of pyridine rings is 1. The molecule has 1 aromatic heterocycles. The number of piperidine rings is 1. The quantitative estimate of drug-likeness (QED) is 0.900. The number of carbonyl (C=O) groups excluding carboxylic acids is 1. The molecule has 1 amide bonds. The molecule has 0 aliphatic carbocycles. The lowest BCUT2D eigenvalue weighted by atomic mass is 9.81. The molecular weight excluding hydrogens is 308 g/mol. The van der Waals surface area contributed by atoms with Gasteiger partial charge in [-0.1, -0.05) is 0 Å². The van der Waals surface area contributed by atoms with Crippen LogP contribution in [0.3, 0.4) is 0 Å². The van der Waals surface area contributed by atoms with Gasteiger partial charge < -0.3 is 19.5 Å². The number of methoxy groups -OCH3 is 1. The molecule has 0 saturated carbocycles. The third-order valence-corrected chi connectivity index (χ3v) is 4.85. The van der Waals surface area contributed by atoms with Gasteiger partial charge in [-0.3, -0.25) is 0 Å². The van der Waals surface area contributed by atoms with Gasteiger partial charge in [0, 0.05) is 42.8 Å². The minimum Gasteiger partial charge on any atom is -0.481 e. The number of aromatic nitrogens is 1. The second-order valence-electron chi connectivity index (χ2n) is 7.80. The highest BCUT2D eigenvalue weighted by atomic mass is 16.6. The van der Waals surface area contributed by atoms with E-state index in [-0.39, 0.29) is 18.2 Å². The van der Waals surface area contributed by atoms with E-state index in [1.165, 1.54) is 0 Å². The number of nitrogens with zero attached hydrogens (tertiary/aromatic N) is 2. The number of hydrogen-bond acceptors (Lipinski definition) is 5. The van der Waals surface area contributed by atoms with Gasteiger partial charge in [0.1, 0.15) is 5.60 Å². The Bertz CT molecular complexity index is 594. The van der Waals surface area contributed by atoms with E-state index in [1.807, 2.05) is 31.7 Å². The monoisotopic (exact) mass is 334 g/mol. The van der Waals surface area contributed by atoms with E-state index < -0.39 is 11.2 Å². The van der Waals surface area contributed by atoms with Gasteiger partial charge in [-0.25, -0.2) is 9.78 Å². The standard InChI is InChI=1S/C18H26N2O4/c1-17(2,3)24-16(21)20-13-6-7-14(20)10-18(22,9-13)12-5-8-15(23-4)19-11-12/h5,8,11,13-14,22H,6-7,9-10H2,1-4H3. The molecule has 1 aromatic rings. The van der Waals surface area contributed by atoms with Gasteiger partial charge in [0.15, 0.2) is 0 Å². The first kappa shape index (κ1) is 17.0. The summed E-state index contributed by atoms with van der Waals surface area (Å²) in [6.45, 7) is 5.61. The van der Waals surface area contributed by atoms with Crippen LogP contribution in [0.15, 0.2) is 18.3 Å². The fourth-order valence-electron chi connectivity index (χ4n) is 3.85. The number of fused-ring (bicyclic) bond motifs is 2. The molecule has 0 radical (unpaired) electrons. The molecule has 0 spiro atoms. The molecule has 132 valence electrons. The van der Waals surface area contributed by atoms with Crippen molar-refractivity contribution >= 4 is 6.09 Å². The summed E-state index contributed by atoms with van der Waals surface area (Å²) >= 11 is 0. The van der Waals surface area contributed by atoms with Crippen LogP contribution >= 0.6 is 0 Å². The molecule has 2 aliphatic heterocycles. The average Bonchev–Trinajstić information content (AvgIpc) is 2.79. The van der Waals surface area contributed by atoms with E-state index in [9.17, 15) is 9.90 Å². The maximum absolute atomic E-state index is 12.5. The Morgan fingerprint density at radius 1 is 1.29 bits per heavy atom. The van der Waals surface area contributed by atoms with Crippen molar-refractivity contribution in [2.24, 2.45) is 0 Å². The fourth-order valence-corrected chi connectivity index (χ4v) is 3.85. The summed E-state index contributed by atoms with van der Waals surface area (Å²) in [5.41, 5.74) is -0.683. The van der Waals surface area contributed by atoms with Crippen molar-refractivity contribution in [3.63, 3.8) is 0 Å². The lowest BCUT2D eigenvalue weighted by Gasteiger charge is -2.44. The predicted octanol–water partition coefficient (Wildman–Crippen LogP) is 2.84. The van der Waals surface area contributed by atoms with Crippen LogP contribution in [0.25, 0.3) is 0 Å². The first-order chi connectivity index (χ1) is 11.2. The highest BCUT2D eigenvalue weighted by molar-refractivity contribution is 5.69. The minimum atomic E-state index is -0.955. The number of ether oxygens (including phenoxy) is 2. The SMILES string of the molecule is COc1ccc(C2(O)CC3CCC(C2)N3C(=O)OC(C)(C)C)cn1. The highest BCUT2D eigenvalue weighted by Gasteiger charge is 2.51. The molecule has 2 fully saturated rings. The maximum atomic E-state index is 12.5. The topological polar surface area (TPSA) is 71.9 Å². The Balaban J connectivity index is 1.77. The zero-order chi connectivity index (χ0) is 17.5. The molecule has 2 atom stereocenters. The highest BCUT2D eigenvalue weighted by Crippen LogP contribution is 2.46. The van der Waals surface area contributed by atoms with Crippen molar-refractivity contribution < 1.29 is 19.4 Å². The van der Waals surface area contributed by atoms with Crippen LogP contribution in [0.4, 0.5) is 4.79 Å². The van der Waals surface area contributed by atoms with E-state index in [0.717, 1.165) is 18.4 Å². The molecule has 2 saturated heterocycles. The van der Waals surface area contributed by atoms with Crippen LogP contribution in [0.2, 0.25) is 0 Å². The van der Waals surface area contributed by atoms with Crippen LogP contribution in [-0.4, -0.2) is 45.9 Å². The first-order valence-electron chi connectivity index (χ1n) is 8.46. The average molecular weight is 334 g/mol. The van der Waals surface area contributed by atoms with Crippen molar-refractivity contribution in [1.29, 1.82) is 0 Å². The Morgan fingerprint density at radius 2 is 1.92 bits per heavy atom. The van der Waals surface area contributed by atoms with E-state index in [2.05, 4.69) is 4.98 Å². The second-order valence-corrected chi connectivity index (χ2v) is 7.80. The second kappa shape index (κ2) is 5.92. The van der Waals surface area contributed by atoms with E-state index >= 15 is 0 Å². The number of aliphatic hydroxyl groups is 1. The summed E-state index contributed by atoms with van der Waals surface area (Å²) in [5, 5.41) is 11.2. The number of amides is 1. The van der Waals surface area contributed by atoms with Gasteiger partial charge >= 0.3 is 6.09 Å². The fraction of sp³-hybridized carbons (Fsp3) is 0.667. The summed E-state index contributed by atoms with van der Waals surface area (Å²) in [6.07, 6.45) is 4.21. The van der Waals surface area contributed by atoms with Crippen molar-refractivity contribution in [1.82, 2.24) is 9.88 Å². The lowest BCUT2D eigenvalue weighted by molar-refractivity contribution is -0.0626. The van der Waals surface area contributed by atoms with Crippen LogP contribution in [0.1, 0.15) is 52.0 Å². The molecule has 2 aliphatic rings. The van der Waals surface area contributed by atoms with Gasteiger partial charge in [-0.05, 0) is 39.7 Å². The molecule has 1 N–H and O–H groups in total. The van der Waals surface area contributed by atoms with Crippen LogP contribution in [-0.2, 0) is 10.3 Å². The van der Waals surface area contributed by atoms with E-state index in [4.69, 9.17) is 9.47 Å². The van der Waals surface area contributed by atoms with Crippen LogP contribution in [0, 0.1) is 0 Å². The van der Waals surface area contributed by atoms with Crippen molar-refractivity contribution in [3.8, 4) is 5.88 Å². The zero-order valence-corrected chi connectivity index (χ0v) is 14.8. The third kappa shape index (κ3) is 3.20. The van der Waals surface area contributed by atoms with Gasteiger partial charge in [0.05, 0.1) is 12.7 Å². The molecule has 6 heteroatoms. The summed E-state index contributed by atoms with van der Waals surface area (Å²) < 4.78 is 10.6. The van der Waals surface area contributed by atoms with Crippen LogP contribution < -0.4 is 4.74 Å². The number of hydrogen-bond donors (Lipinski definition) is 1. The van der Waals surface area contributed by atoms with E-state index in [1.54, 1.807) is 19.4 Å². The summed E-state index contributed by atoms with van der Waals surface area (Å²) in [6, 6.07) is 3.63. The minimum absolute atomic E-state index is 0.00528. The van der Waals surface area contributed by atoms with E-state index in [0.29, 0.717) is 18.7 Å². The van der Waals surface area contributed by atoms with Crippen LogP contribution in [0.5, 0.6) is 5.88 Å². The molecule has 24 heavy (non-hydrogen) atoms. The maximum Gasteiger partial charge on any atom is 0.410 e. The third-order valence-electron chi connectivity index (χ3n) is 4.85. The largest absolute Gasteiger partial charge is 0.481 e. The first-order valence-corrected chi connectivity index (χ1v) is 8.46. The van der Waals surface area contributed by atoms with Gasteiger partial charge in [-0.15, -0.1) is 0 Å². The Morgan fingerprint density at radius 3 is 2.38 bits per heavy atom. The van der Waals surface area contributed by atoms with Gasteiger partial charge in [0.25, 0.3) is 0 Å². The predicted molar refractivity (Wildman–Crippen MR) is 88.8 cm³/mol. The summed E-state index contributed by atoms with van der Waals surface area (Å²) in [7, 11) is 1.57.